The van der Waals surface area contributed by atoms with E-state index in [1.807, 2.05) is 0 Å². The first kappa shape index (κ1) is 20.7. The van der Waals surface area contributed by atoms with Crippen molar-refractivity contribution in [3.8, 4) is 0 Å². The van der Waals surface area contributed by atoms with Gasteiger partial charge in [0.2, 0.25) is 0 Å². The van der Waals surface area contributed by atoms with Crippen molar-refractivity contribution < 1.29 is 9.84 Å². The first-order valence-electron chi connectivity index (χ1n) is 9.53. The maximum absolute atomic E-state index is 9.31. The van der Waals surface area contributed by atoms with Gasteiger partial charge in [-0.2, -0.15) is 0 Å². The van der Waals surface area contributed by atoms with E-state index in [2.05, 4.69) is 57.9 Å². The molecular formula is C20H34N4O2. The summed E-state index contributed by atoms with van der Waals surface area (Å²) < 4.78 is 5.54. The minimum absolute atomic E-state index is 0.0300. The number of aliphatic imine (C=N–C) groups is 1. The second-order valence-electron chi connectivity index (χ2n) is 7.21. The second-order valence-corrected chi connectivity index (χ2v) is 7.21. The molecule has 0 spiro atoms. The van der Waals surface area contributed by atoms with Gasteiger partial charge < -0.3 is 25.4 Å². The summed E-state index contributed by atoms with van der Waals surface area (Å²) in [6.07, 6.45) is 2.80. The Kier molecular flexibility index (Phi) is 8.88. The highest BCUT2D eigenvalue weighted by atomic mass is 16.5. The van der Waals surface area contributed by atoms with Gasteiger partial charge in [-0.15, -0.1) is 0 Å². The first-order chi connectivity index (χ1) is 12.7. The fourth-order valence-electron chi connectivity index (χ4n) is 3.33. The van der Waals surface area contributed by atoms with Crippen LogP contribution in [0.4, 0.5) is 0 Å². The van der Waals surface area contributed by atoms with Crippen molar-refractivity contribution in [3.63, 3.8) is 0 Å². The Bertz CT molecular complexity index is 530. The normalized spacial score (nSPS) is 20.5. The number of nitrogens with one attached hydrogen (secondary N) is 2. The first-order valence-corrected chi connectivity index (χ1v) is 9.53. The molecule has 1 fully saturated rings. The molecule has 146 valence electrons. The summed E-state index contributed by atoms with van der Waals surface area (Å²) in [7, 11) is 3.94. The van der Waals surface area contributed by atoms with Crippen LogP contribution in [0.15, 0.2) is 35.3 Å². The van der Waals surface area contributed by atoms with E-state index in [1.165, 1.54) is 5.56 Å². The maximum Gasteiger partial charge on any atom is 0.190 e. The highest BCUT2D eigenvalue weighted by molar-refractivity contribution is 5.79. The lowest BCUT2D eigenvalue weighted by molar-refractivity contribution is 0.127. The average Bonchev–Trinajstić information content (AvgIpc) is 3.11. The Morgan fingerprint density at radius 2 is 2.12 bits per heavy atom. The zero-order chi connectivity index (χ0) is 18.7. The quantitative estimate of drug-likeness (QED) is 0.334. The summed E-state index contributed by atoms with van der Waals surface area (Å²) in [4.78, 5) is 6.63. The molecule has 2 rings (SSSR count). The molecule has 0 saturated carbocycles. The SMILES string of the molecule is CN=C(NCCCN(C)Cc1ccccc1)NCC1(CCO)CCOC1. The highest BCUT2D eigenvalue weighted by Crippen LogP contribution is 2.31. The Morgan fingerprint density at radius 3 is 2.77 bits per heavy atom. The molecule has 6 heteroatoms. The van der Waals surface area contributed by atoms with Crippen LogP contribution >= 0.6 is 0 Å². The van der Waals surface area contributed by atoms with Gasteiger partial charge in [-0.1, -0.05) is 30.3 Å². The number of ether oxygens (including phenoxy) is 1. The van der Waals surface area contributed by atoms with Crippen molar-refractivity contribution >= 4 is 5.96 Å². The molecule has 1 saturated heterocycles. The fraction of sp³-hybridized carbons (Fsp3) is 0.650. The van der Waals surface area contributed by atoms with Crippen LogP contribution in [0.1, 0.15) is 24.8 Å². The minimum atomic E-state index is 0.0300. The minimum Gasteiger partial charge on any atom is -0.396 e. The second kappa shape index (κ2) is 11.2. The standard InChI is InChI=1S/C20H34N4O2/c1-21-19(23-16-20(9-13-25)10-14-26-17-20)22-11-6-12-24(2)15-18-7-4-3-5-8-18/h3-5,7-8,25H,6,9-17H2,1-2H3,(H2,21,22,23). The van der Waals surface area contributed by atoms with Crippen molar-refractivity contribution in [2.45, 2.75) is 25.8 Å². The summed E-state index contributed by atoms with van der Waals surface area (Å²) >= 11 is 0. The van der Waals surface area contributed by atoms with Crippen molar-refractivity contribution in [1.29, 1.82) is 0 Å². The van der Waals surface area contributed by atoms with Gasteiger partial charge in [-0.05, 0) is 38.4 Å². The third kappa shape index (κ3) is 6.94. The summed E-state index contributed by atoms with van der Waals surface area (Å²) in [5.74, 6) is 0.819. The smallest absolute Gasteiger partial charge is 0.190 e. The highest BCUT2D eigenvalue weighted by Gasteiger charge is 2.34. The monoisotopic (exact) mass is 362 g/mol. The van der Waals surface area contributed by atoms with Crippen LogP contribution in [0.3, 0.4) is 0 Å². The summed E-state index contributed by atoms with van der Waals surface area (Å²) in [6.45, 7) is 5.34. The van der Waals surface area contributed by atoms with Gasteiger partial charge in [0.15, 0.2) is 5.96 Å². The largest absolute Gasteiger partial charge is 0.396 e. The Balaban J connectivity index is 1.64. The molecule has 1 unspecified atom stereocenters. The Labute approximate surface area is 157 Å². The summed E-state index contributed by atoms with van der Waals surface area (Å²) in [5, 5.41) is 16.1. The molecule has 1 aliphatic rings. The number of aliphatic hydroxyl groups excluding tert-OH is 1. The van der Waals surface area contributed by atoms with Gasteiger partial charge in [-0.25, -0.2) is 0 Å². The van der Waals surface area contributed by atoms with Crippen LogP contribution in [-0.2, 0) is 11.3 Å². The number of nitrogens with zero attached hydrogens (tertiary/aromatic N) is 2. The number of benzene rings is 1. The molecule has 1 atom stereocenters. The van der Waals surface area contributed by atoms with Gasteiger partial charge in [0.25, 0.3) is 0 Å². The van der Waals surface area contributed by atoms with E-state index < -0.39 is 0 Å². The van der Waals surface area contributed by atoms with Gasteiger partial charge in [0.1, 0.15) is 0 Å². The van der Waals surface area contributed by atoms with Crippen molar-refractivity contribution in [2.24, 2.45) is 10.4 Å². The van der Waals surface area contributed by atoms with E-state index in [0.717, 1.165) is 58.0 Å². The number of hydrogen-bond donors (Lipinski definition) is 3. The predicted molar refractivity (Wildman–Crippen MR) is 106 cm³/mol. The number of hydrogen-bond acceptors (Lipinski definition) is 4. The predicted octanol–water partition coefficient (Wildman–Crippen LogP) is 1.46. The summed E-state index contributed by atoms with van der Waals surface area (Å²) in [6, 6.07) is 10.5. The van der Waals surface area contributed by atoms with Crippen LogP contribution in [0.25, 0.3) is 0 Å². The van der Waals surface area contributed by atoms with Gasteiger partial charge in [0, 0.05) is 45.3 Å². The topological polar surface area (TPSA) is 69.1 Å². The van der Waals surface area contributed by atoms with Gasteiger partial charge in [0.05, 0.1) is 6.61 Å². The van der Waals surface area contributed by atoms with E-state index in [1.54, 1.807) is 7.05 Å². The van der Waals surface area contributed by atoms with Crippen molar-refractivity contribution in [3.05, 3.63) is 35.9 Å². The molecule has 0 aliphatic carbocycles. The fourth-order valence-corrected chi connectivity index (χ4v) is 3.33. The lowest BCUT2D eigenvalue weighted by atomic mass is 9.84. The van der Waals surface area contributed by atoms with E-state index >= 15 is 0 Å². The van der Waals surface area contributed by atoms with Gasteiger partial charge >= 0.3 is 0 Å². The molecular weight excluding hydrogens is 328 g/mol. The molecule has 26 heavy (non-hydrogen) atoms. The van der Waals surface area contributed by atoms with Crippen LogP contribution in [-0.4, -0.2) is 69.5 Å². The zero-order valence-corrected chi connectivity index (χ0v) is 16.2. The molecule has 6 nitrogen and oxygen atoms in total. The lowest BCUT2D eigenvalue weighted by Crippen LogP contribution is -2.45. The molecule has 0 aromatic heterocycles. The van der Waals surface area contributed by atoms with Crippen LogP contribution in [0, 0.1) is 5.41 Å². The molecule has 0 radical (unpaired) electrons. The van der Waals surface area contributed by atoms with Crippen LogP contribution < -0.4 is 10.6 Å². The number of guanidine groups is 1. The van der Waals surface area contributed by atoms with Crippen LogP contribution in [0.2, 0.25) is 0 Å². The van der Waals surface area contributed by atoms with E-state index in [-0.39, 0.29) is 12.0 Å². The molecule has 0 amide bonds. The summed E-state index contributed by atoms with van der Waals surface area (Å²) in [5.41, 5.74) is 1.37. The lowest BCUT2D eigenvalue weighted by Gasteiger charge is -2.27. The molecule has 1 aromatic rings. The molecule has 1 aliphatic heterocycles. The van der Waals surface area contributed by atoms with E-state index in [0.29, 0.717) is 6.61 Å². The maximum atomic E-state index is 9.31. The Morgan fingerprint density at radius 1 is 1.31 bits per heavy atom. The third-order valence-corrected chi connectivity index (χ3v) is 4.99. The molecule has 0 bridgehead atoms. The van der Waals surface area contributed by atoms with E-state index in [4.69, 9.17) is 4.74 Å². The number of aliphatic hydroxyl groups is 1. The number of rotatable bonds is 10. The molecule has 1 aromatic carbocycles. The molecule has 1 heterocycles. The van der Waals surface area contributed by atoms with Gasteiger partial charge in [-0.3, -0.25) is 4.99 Å². The van der Waals surface area contributed by atoms with Crippen LogP contribution in [0.5, 0.6) is 0 Å². The van der Waals surface area contributed by atoms with Crippen molar-refractivity contribution in [1.82, 2.24) is 15.5 Å². The average molecular weight is 363 g/mol. The van der Waals surface area contributed by atoms with E-state index in [9.17, 15) is 5.11 Å². The van der Waals surface area contributed by atoms with Crippen molar-refractivity contribution in [2.75, 3.05) is 53.6 Å². The Hall–Kier alpha value is -1.63. The zero-order valence-electron chi connectivity index (χ0n) is 16.2. The third-order valence-electron chi connectivity index (χ3n) is 4.99. The molecule has 3 N–H and O–H groups in total.